The number of fused-ring (bicyclic) bond motifs is 1. The van der Waals surface area contributed by atoms with Crippen LogP contribution in [0.3, 0.4) is 0 Å². The number of rotatable bonds is 4. The monoisotopic (exact) mass is 376 g/mol. The topological polar surface area (TPSA) is 64.1 Å². The van der Waals surface area contributed by atoms with Gasteiger partial charge in [-0.1, -0.05) is 0 Å². The van der Waals surface area contributed by atoms with Gasteiger partial charge in [-0.3, -0.25) is 9.78 Å². The fourth-order valence-corrected chi connectivity index (χ4v) is 2.74. The highest BCUT2D eigenvalue weighted by atomic mass is 32.2. The zero-order valence-electron chi connectivity index (χ0n) is 11.7. The molecule has 0 amide bonds. The van der Waals surface area contributed by atoms with E-state index in [0.717, 1.165) is 18.9 Å². The summed E-state index contributed by atoms with van der Waals surface area (Å²) in [6.45, 7) is 0.464. The van der Waals surface area contributed by atoms with E-state index in [9.17, 15) is 34.8 Å². The van der Waals surface area contributed by atoms with Crippen LogP contribution < -0.4 is 4.18 Å². The van der Waals surface area contributed by atoms with E-state index in [1.807, 2.05) is 0 Å². The molecular weight excluding hydrogens is 366 g/mol. The first-order valence-electron chi connectivity index (χ1n) is 6.69. The number of H-pyrrole nitrogens is 1. The van der Waals surface area contributed by atoms with Crippen molar-refractivity contribution >= 4 is 21.2 Å². The maximum atomic E-state index is 13.2. The number of nitrogens with one attached hydrogen (secondary N) is 1. The van der Waals surface area contributed by atoms with Gasteiger partial charge in [-0.05, 0) is 30.9 Å². The summed E-state index contributed by atoms with van der Waals surface area (Å²) < 4.78 is 104. The van der Waals surface area contributed by atoms with Gasteiger partial charge in [0.2, 0.25) is 0 Å². The van der Waals surface area contributed by atoms with E-state index < -0.39 is 38.6 Å². The number of alkyl halides is 6. The summed E-state index contributed by atoms with van der Waals surface area (Å²) >= 11 is 0. The third-order valence-corrected chi connectivity index (χ3v) is 4.55. The molecular formula is C12H10F6N2O3S. The molecule has 0 atom stereocenters. The average Bonchev–Trinajstić information content (AvgIpc) is 3.17. The summed E-state index contributed by atoms with van der Waals surface area (Å²) in [5.41, 5.74) is -7.78. The van der Waals surface area contributed by atoms with Gasteiger partial charge in [0.05, 0.1) is 11.0 Å². The van der Waals surface area contributed by atoms with Crippen molar-refractivity contribution in [2.45, 2.75) is 31.1 Å². The van der Waals surface area contributed by atoms with Crippen LogP contribution in [-0.2, 0) is 22.8 Å². The van der Waals surface area contributed by atoms with E-state index in [1.54, 1.807) is 0 Å². The van der Waals surface area contributed by atoms with Crippen molar-refractivity contribution in [2.24, 2.45) is 5.92 Å². The second-order valence-electron chi connectivity index (χ2n) is 5.48. The van der Waals surface area contributed by atoms with Crippen LogP contribution in [0.5, 0.6) is 5.75 Å². The Bertz CT molecular complexity index is 873. The molecule has 1 aromatic carbocycles. The fourth-order valence-electron chi connectivity index (χ4n) is 2.27. The van der Waals surface area contributed by atoms with Crippen molar-refractivity contribution in [2.75, 3.05) is 0 Å². The second kappa shape index (κ2) is 5.07. The van der Waals surface area contributed by atoms with Crippen molar-refractivity contribution < 1.29 is 38.9 Å². The zero-order chi connectivity index (χ0) is 17.9. The van der Waals surface area contributed by atoms with Crippen LogP contribution >= 0.6 is 0 Å². The van der Waals surface area contributed by atoms with Gasteiger partial charge >= 0.3 is 21.8 Å². The molecule has 12 heteroatoms. The van der Waals surface area contributed by atoms with E-state index in [1.165, 1.54) is 4.68 Å². The van der Waals surface area contributed by atoms with E-state index >= 15 is 0 Å². The number of hydrogen-bond donors (Lipinski definition) is 1. The van der Waals surface area contributed by atoms with Gasteiger partial charge in [0.15, 0.2) is 5.75 Å². The largest absolute Gasteiger partial charge is 0.534 e. The molecule has 1 saturated carbocycles. The molecule has 3 rings (SSSR count). The lowest BCUT2D eigenvalue weighted by Crippen LogP contribution is -2.29. The second-order valence-corrected chi connectivity index (χ2v) is 7.02. The minimum Gasteiger partial charge on any atom is -0.375 e. The van der Waals surface area contributed by atoms with Crippen LogP contribution in [0.15, 0.2) is 12.1 Å². The molecule has 1 aliphatic rings. The number of nitrogens with zero attached hydrogens (tertiary/aromatic N) is 1. The maximum absolute atomic E-state index is 13.2. The Labute approximate surface area is 131 Å². The molecule has 2 aromatic rings. The van der Waals surface area contributed by atoms with Gasteiger partial charge in [-0.25, -0.2) is 0 Å². The van der Waals surface area contributed by atoms with Crippen LogP contribution in [0.2, 0.25) is 0 Å². The van der Waals surface area contributed by atoms with Crippen molar-refractivity contribution in [3.63, 3.8) is 0 Å². The van der Waals surface area contributed by atoms with E-state index in [2.05, 4.69) is 9.28 Å². The molecule has 1 fully saturated rings. The summed E-state index contributed by atoms with van der Waals surface area (Å²) in [7, 11) is -6.20. The molecule has 0 aliphatic heterocycles. The Hall–Kier alpha value is -1.85. The quantitative estimate of drug-likeness (QED) is 0.504. The van der Waals surface area contributed by atoms with Gasteiger partial charge < -0.3 is 4.18 Å². The van der Waals surface area contributed by atoms with Gasteiger partial charge in [0, 0.05) is 6.54 Å². The predicted molar refractivity (Wildman–Crippen MR) is 69.6 cm³/mol. The van der Waals surface area contributed by atoms with Crippen LogP contribution in [0.4, 0.5) is 26.3 Å². The molecule has 134 valence electrons. The lowest BCUT2D eigenvalue weighted by molar-refractivity contribution is -0.137. The highest BCUT2D eigenvalue weighted by Gasteiger charge is 2.50. The maximum Gasteiger partial charge on any atom is 0.534 e. The normalized spacial score (nSPS) is 16.8. The molecule has 0 spiro atoms. The first kappa shape index (κ1) is 17.0. The van der Waals surface area contributed by atoms with Gasteiger partial charge in [-0.2, -0.15) is 34.8 Å². The molecule has 0 unspecified atom stereocenters. The molecule has 0 radical (unpaired) electrons. The number of aromatic nitrogens is 2. The highest BCUT2D eigenvalue weighted by molar-refractivity contribution is 7.88. The third kappa shape index (κ3) is 2.94. The molecule has 1 aliphatic carbocycles. The van der Waals surface area contributed by atoms with Crippen LogP contribution in [0.1, 0.15) is 18.4 Å². The Balaban J connectivity index is 2.05. The Kier molecular flexibility index (Phi) is 3.59. The van der Waals surface area contributed by atoms with E-state index in [4.69, 9.17) is 0 Å². The first-order chi connectivity index (χ1) is 10.9. The SMILES string of the molecule is O=S(=O)(Oc1ccc2c([nH]n2CC2CC2)c1C(F)(F)F)C(F)(F)F. The standard InChI is InChI=1S/C12H10F6N2O3S/c13-11(14,15)9-8(23-24(21,22)12(16,17)18)4-3-7-10(9)19-20(7)5-6-1-2-6/h3-4,6,19H,1-2,5H2. The number of hydrogen-bond acceptors (Lipinski definition) is 3. The molecule has 0 bridgehead atoms. The summed E-state index contributed by atoms with van der Waals surface area (Å²) in [5, 5.41) is 2.39. The lowest BCUT2D eigenvalue weighted by atomic mass is 10.1. The van der Waals surface area contributed by atoms with Crippen molar-refractivity contribution in [1.82, 2.24) is 9.78 Å². The predicted octanol–water partition coefficient (Wildman–Crippen LogP) is 3.63. The smallest absolute Gasteiger partial charge is 0.375 e. The zero-order valence-corrected chi connectivity index (χ0v) is 12.5. The molecule has 5 nitrogen and oxygen atoms in total. The Morgan fingerprint density at radius 2 is 1.79 bits per heavy atom. The third-order valence-electron chi connectivity index (χ3n) is 3.59. The lowest BCUT2D eigenvalue weighted by Gasteiger charge is -2.22. The molecule has 1 aromatic heterocycles. The van der Waals surface area contributed by atoms with Crippen molar-refractivity contribution in [3.05, 3.63) is 17.7 Å². The Morgan fingerprint density at radius 1 is 1.17 bits per heavy atom. The summed E-state index contributed by atoms with van der Waals surface area (Å²) in [6.07, 6.45) is -3.20. The van der Waals surface area contributed by atoms with Gasteiger partial charge in [0.25, 0.3) is 0 Å². The van der Waals surface area contributed by atoms with E-state index in [-0.39, 0.29) is 5.52 Å². The minimum absolute atomic E-state index is 0.131. The number of aromatic amines is 1. The van der Waals surface area contributed by atoms with Crippen LogP contribution in [0, 0.1) is 5.92 Å². The highest BCUT2D eigenvalue weighted by Crippen LogP contribution is 2.43. The van der Waals surface area contributed by atoms with Crippen LogP contribution in [-0.4, -0.2) is 23.7 Å². The Morgan fingerprint density at radius 3 is 2.29 bits per heavy atom. The fraction of sp³-hybridized carbons (Fsp3) is 0.500. The average molecular weight is 376 g/mol. The summed E-state index contributed by atoms with van der Waals surface area (Å²) in [6, 6.07) is 1.66. The van der Waals surface area contributed by atoms with Crippen molar-refractivity contribution in [1.29, 1.82) is 0 Å². The molecule has 1 N–H and O–H groups in total. The van der Waals surface area contributed by atoms with Crippen molar-refractivity contribution in [3.8, 4) is 5.75 Å². The van der Waals surface area contributed by atoms with E-state index in [0.29, 0.717) is 18.5 Å². The van der Waals surface area contributed by atoms with Gasteiger partial charge in [0.1, 0.15) is 5.56 Å². The van der Waals surface area contributed by atoms with Crippen LogP contribution in [0.25, 0.3) is 11.0 Å². The molecule has 0 saturated heterocycles. The minimum atomic E-state index is -6.20. The number of halogens is 6. The first-order valence-corrected chi connectivity index (χ1v) is 8.10. The number of benzene rings is 1. The summed E-state index contributed by atoms with van der Waals surface area (Å²) in [5.74, 6) is -1.07. The summed E-state index contributed by atoms with van der Waals surface area (Å²) in [4.78, 5) is 0. The molecule has 24 heavy (non-hydrogen) atoms. The van der Waals surface area contributed by atoms with Gasteiger partial charge in [-0.15, -0.1) is 0 Å². The molecule has 1 heterocycles.